The molecule has 0 spiro atoms. The number of aromatic nitrogens is 1. The molecule has 7 heteroatoms. The third kappa shape index (κ3) is 3.02. The maximum Gasteiger partial charge on any atom is 0.319 e. The van der Waals surface area contributed by atoms with Crippen molar-refractivity contribution in [3.05, 3.63) is 34.2 Å². The van der Waals surface area contributed by atoms with Crippen molar-refractivity contribution in [3.63, 3.8) is 0 Å². The molecule has 0 aliphatic carbocycles. The summed E-state index contributed by atoms with van der Waals surface area (Å²) in [5.41, 5.74) is 0.391. The summed E-state index contributed by atoms with van der Waals surface area (Å²) in [5, 5.41) is 0. The smallest absolute Gasteiger partial charge is 0.319 e. The zero-order valence-electron chi connectivity index (χ0n) is 14.4. The van der Waals surface area contributed by atoms with Gasteiger partial charge in [0.25, 0.3) is 5.91 Å². The lowest BCUT2D eigenvalue weighted by atomic mass is 9.94. The molecule has 1 aromatic rings. The largest absolute Gasteiger partial charge is 0.333 e. The van der Waals surface area contributed by atoms with E-state index in [4.69, 9.17) is 0 Å². The molecular formula is C17H24N4O3. The van der Waals surface area contributed by atoms with E-state index in [1.807, 2.05) is 9.80 Å². The van der Waals surface area contributed by atoms with Crippen LogP contribution in [0.15, 0.2) is 23.1 Å². The fourth-order valence-corrected chi connectivity index (χ4v) is 3.66. The van der Waals surface area contributed by atoms with Crippen molar-refractivity contribution in [1.29, 1.82) is 0 Å². The first-order valence-electron chi connectivity index (χ1n) is 8.30. The van der Waals surface area contributed by atoms with Crippen molar-refractivity contribution in [2.45, 2.75) is 18.9 Å². The predicted octanol–water partition coefficient (Wildman–Crippen LogP) is 0.603. The van der Waals surface area contributed by atoms with Crippen LogP contribution in [0.4, 0.5) is 4.79 Å². The van der Waals surface area contributed by atoms with Gasteiger partial charge >= 0.3 is 6.03 Å². The first kappa shape index (κ1) is 16.5. The highest BCUT2D eigenvalue weighted by atomic mass is 16.2. The van der Waals surface area contributed by atoms with Crippen molar-refractivity contribution in [2.24, 2.45) is 13.0 Å². The zero-order chi connectivity index (χ0) is 17.4. The van der Waals surface area contributed by atoms with E-state index in [0.717, 1.165) is 12.8 Å². The highest BCUT2D eigenvalue weighted by Crippen LogP contribution is 2.29. The van der Waals surface area contributed by atoms with E-state index in [-0.39, 0.29) is 23.5 Å². The number of fused-ring (bicyclic) bond motifs is 4. The second-order valence-corrected chi connectivity index (χ2v) is 7.00. The Labute approximate surface area is 141 Å². The summed E-state index contributed by atoms with van der Waals surface area (Å²) in [6.45, 7) is 1.94. The topological polar surface area (TPSA) is 65.9 Å². The van der Waals surface area contributed by atoms with Crippen LogP contribution in [0.1, 0.15) is 23.2 Å². The molecule has 3 amide bonds. The van der Waals surface area contributed by atoms with Gasteiger partial charge in [-0.25, -0.2) is 4.79 Å². The number of rotatable bonds is 1. The first-order chi connectivity index (χ1) is 11.4. The monoisotopic (exact) mass is 332 g/mol. The number of carbonyl (C=O) groups is 2. The molecule has 2 bridgehead atoms. The Morgan fingerprint density at radius 1 is 1.12 bits per heavy atom. The number of carbonyl (C=O) groups excluding carboxylic acids is 2. The summed E-state index contributed by atoms with van der Waals surface area (Å²) in [6.07, 6.45) is 3.55. The van der Waals surface area contributed by atoms with Crippen LogP contribution in [0.25, 0.3) is 0 Å². The molecular weight excluding hydrogens is 308 g/mol. The average Bonchev–Trinajstić information content (AvgIpc) is 2.87. The minimum Gasteiger partial charge on any atom is -0.333 e. The van der Waals surface area contributed by atoms with Gasteiger partial charge in [0, 0.05) is 59.1 Å². The van der Waals surface area contributed by atoms with E-state index in [9.17, 15) is 14.4 Å². The van der Waals surface area contributed by atoms with E-state index in [0.29, 0.717) is 31.1 Å². The molecule has 4 heterocycles. The fraction of sp³-hybridized carbons (Fsp3) is 0.588. The third-order valence-corrected chi connectivity index (χ3v) is 4.96. The van der Waals surface area contributed by atoms with Crippen molar-refractivity contribution in [1.82, 2.24) is 19.3 Å². The van der Waals surface area contributed by atoms with Gasteiger partial charge < -0.3 is 19.3 Å². The Morgan fingerprint density at radius 3 is 2.54 bits per heavy atom. The van der Waals surface area contributed by atoms with Crippen LogP contribution in [0.3, 0.4) is 0 Å². The Kier molecular flexibility index (Phi) is 4.34. The number of amides is 3. The summed E-state index contributed by atoms with van der Waals surface area (Å²) in [5.74, 6) is 0.253. The van der Waals surface area contributed by atoms with E-state index in [2.05, 4.69) is 0 Å². The van der Waals surface area contributed by atoms with Gasteiger partial charge in [0.15, 0.2) is 0 Å². The molecule has 2 atom stereocenters. The minimum atomic E-state index is -0.133. The van der Waals surface area contributed by atoms with Gasteiger partial charge in [-0.05, 0) is 24.8 Å². The maximum absolute atomic E-state index is 12.9. The number of piperidine rings is 1. The Morgan fingerprint density at radius 2 is 1.88 bits per heavy atom. The molecule has 3 fully saturated rings. The number of nitrogens with zero attached hydrogens (tertiary/aromatic N) is 4. The van der Waals surface area contributed by atoms with Crippen LogP contribution in [0.2, 0.25) is 0 Å². The molecule has 3 aliphatic heterocycles. The van der Waals surface area contributed by atoms with Crippen LogP contribution in [-0.4, -0.2) is 71.0 Å². The first-order valence-corrected chi connectivity index (χ1v) is 8.30. The van der Waals surface area contributed by atoms with Crippen LogP contribution < -0.4 is 5.56 Å². The maximum atomic E-state index is 12.9. The molecule has 0 radical (unpaired) electrons. The number of urea groups is 1. The molecule has 7 nitrogen and oxygen atoms in total. The summed E-state index contributed by atoms with van der Waals surface area (Å²) in [6, 6.07) is 3.05. The van der Waals surface area contributed by atoms with Gasteiger partial charge in [-0.1, -0.05) is 0 Å². The normalized spacial score (nSPS) is 23.1. The van der Waals surface area contributed by atoms with E-state index in [1.165, 1.54) is 10.6 Å². The van der Waals surface area contributed by atoms with Gasteiger partial charge in [0.05, 0.1) is 5.56 Å². The van der Waals surface area contributed by atoms with Crippen molar-refractivity contribution < 1.29 is 9.59 Å². The standard InChI is InChI=1S/C17H24N4O3/c1-18(2)17(24)20-8-12-4-6-14(11-20)21(9-12)16(23)13-5-7-15(22)19(3)10-13/h5,7,10,12,14H,4,6,8-9,11H2,1-3H3/t12-,14+/m1/s1. The lowest BCUT2D eigenvalue weighted by Crippen LogP contribution is -2.48. The predicted molar refractivity (Wildman–Crippen MR) is 89.9 cm³/mol. The molecule has 0 aromatic carbocycles. The fourth-order valence-electron chi connectivity index (χ4n) is 3.66. The van der Waals surface area contributed by atoms with Gasteiger partial charge in [-0.3, -0.25) is 9.59 Å². The van der Waals surface area contributed by atoms with E-state index in [1.54, 1.807) is 38.3 Å². The summed E-state index contributed by atoms with van der Waals surface area (Å²) in [7, 11) is 5.15. The number of hydrogen-bond acceptors (Lipinski definition) is 3. The summed E-state index contributed by atoms with van der Waals surface area (Å²) >= 11 is 0. The quantitative estimate of drug-likeness (QED) is 0.756. The molecule has 1 aromatic heterocycles. The molecule has 3 saturated heterocycles. The van der Waals surface area contributed by atoms with Gasteiger partial charge in [0.1, 0.15) is 0 Å². The Hall–Kier alpha value is -2.31. The summed E-state index contributed by atoms with van der Waals surface area (Å²) < 4.78 is 1.42. The van der Waals surface area contributed by atoms with Crippen molar-refractivity contribution in [2.75, 3.05) is 33.7 Å². The second-order valence-electron chi connectivity index (χ2n) is 7.00. The van der Waals surface area contributed by atoms with Crippen molar-refractivity contribution in [3.8, 4) is 0 Å². The molecule has 0 unspecified atom stereocenters. The van der Waals surface area contributed by atoms with Crippen LogP contribution in [0, 0.1) is 5.92 Å². The highest BCUT2D eigenvalue weighted by molar-refractivity contribution is 5.94. The molecule has 0 saturated carbocycles. The average molecular weight is 332 g/mol. The minimum absolute atomic E-state index is 0.00306. The molecule has 130 valence electrons. The van der Waals surface area contributed by atoms with Crippen LogP contribution in [-0.2, 0) is 7.05 Å². The second kappa shape index (κ2) is 6.30. The molecule has 24 heavy (non-hydrogen) atoms. The number of aryl methyl sites for hydroxylation is 1. The van der Waals surface area contributed by atoms with Crippen molar-refractivity contribution >= 4 is 11.9 Å². The zero-order valence-corrected chi connectivity index (χ0v) is 14.4. The van der Waals surface area contributed by atoms with Crippen LogP contribution in [0.5, 0.6) is 0 Å². The highest BCUT2D eigenvalue weighted by Gasteiger charge is 2.39. The number of hydrogen-bond donors (Lipinski definition) is 0. The lowest BCUT2D eigenvalue weighted by molar-refractivity contribution is 0.0585. The molecule has 4 rings (SSSR count). The molecule has 3 aliphatic rings. The van der Waals surface area contributed by atoms with Crippen LogP contribution >= 0.6 is 0 Å². The third-order valence-electron chi connectivity index (χ3n) is 4.96. The van der Waals surface area contributed by atoms with Gasteiger partial charge in [-0.2, -0.15) is 0 Å². The van der Waals surface area contributed by atoms with E-state index >= 15 is 0 Å². The SMILES string of the molecule is CN(C)C(=O)N1C[C@H]2CC[C@@H](C1)N(C(=O)c1ccc(=O)n(C)c1)C2. The van der Waals surface area contributed by atoms with Gasteiger partial charge in [0.2, 0.25) is 5.56 Å². The van der Waals surface area contributed by atoms with E-state index < -0.39 is 0 Å². The summed E-state index contributed by atoms with van der Waals surface area (Å²) in [4.78, 5) is 42.1. The lowest BCUT2D eigenvalue weighted by Gasteiger charge is -2.36. The Bertz CT molecular complexity index is 712. The number of pyridine rings is 1. The Balaban J connectivity index is 1.82. The molecule has 0 N–H and O–H groups in total. The van der Waals surface area contributed by atoms with Gasteiger partial charge in [-0.15, -0.1) is 0 Å².